The molecule has 2 N–H and O–H groups in total. The number of anilines is 1. The monoisotopic (exact) mass is 307 g/mol. The van der Waals surface area contributed by atoms with Gasteiger partial charge in [-0.15, -0.1) is 0 Å². The molecule has 0 heterocycles. The Balaban J connectivity index is 2.82. The maximum Gasteiger partial charge on any atom is 0.332 e. The van der Waals surface area contributed by atoms with Crippen LogP contribution in [0.4, 0.5) is 10.1 Å². The molecule has 0 fully saturated rings. The average Bonchev–Trinajstić information content (AvgIpc) is 2.15. The third-order valence-corrected chi connectivity index (χ3v) is 2.71. The van der Waals surface area contributed by atoms with Gasteiger partial charge in [0.25, 0.3) is 0 Å². The molecule has 0 aliphatic rings. The molecule has 1 rings (SSSR count). The second-order valence-corrected chi connectivity index (χ2v) is 4.27. The van der Waals surface area contributed by atoms with Crippen LogP contribution in [-0.4, -0.2) is 17.6 Å². The van der Waals surface area contributed by atoms with Crippen molar-refractivity contribution < 1.29 is 14.3 Å². The summed E-state index contributed by atoms with van der Waals surface area (Å²) in [6.07, 6.45) is 0. The van der Waals surface area contributed by atoms with Gasteiger partial charge in [0.05, 0.1) is 10.7 Å². The van der Waals surface area contributed by atoms with Gasteiger partial charge < -0.3 is 10.4 Å². The van der Waals surface area contributed by atoms with Gasteiger partial charge in [-0.1, -0.05) is 18.2 Å². The average molecular weight is 309 g/mol. The summed E-state index contributed by atoms with van der Waals surface area (Å²) in [5, 5.41) is 11.5. The summed E-state index contributed by atoms with van der Waals surface area (Å²) in [7, 11) is 0. The number of carboxylic acids is 1. The molecule has 0 aliphatic carbocycles. The van der Waals surface area contributed by atoms with E-state index in [9.17, 15) is 9.18 Å². The molecule has 0 atom stereocenters. The van der Waals surface area contributed by atoms with E-state index in [1.807, 2.05) is 0 Å². The van der Waals surface area contributed by atoms with Crippen molar-refractivity contribution in [2.75, 3.05) is 11.9 Å². The van der Waals surface area contributed by atoms with Gasteiger partial charge in [-0.05, 0) is 28.1 Å². The summed E-state index contributed by atoms with van der Waals surface area (Å²) < 4.78 is 13.3. The molecular weight excluding hydrogens is 300 g/mol. The standard InChI is InChI=1S/C10H8BrClFNO2/c1-5(10(15)16)4-14-9-7(11)2-6(13)3-8(9)12/h2-3,14H,1,4H2,(H,15,16). The molecule has 1 aromatic rings. The van der Waals surface area contributed by atoms with Crippen LogP contribution >= 0.6 is 27.5 Å². The van der Waals surface area contributed by atoms with E-state index >= 15 is 0 Å². The maximum atomic E-state index is 12.9. The first-order valence-corrected chi connectivity index (χ1v) is 5.38. The highest BCUT2D eigenvalue weighted by Crippen LogP contribution is 2.31. The fourth-order valence-corrected chi connectivity index (χ4v) is 1.94. The van der Waals surface area contributed by atoms with Crippen LogP contribution in [-0.2, 0) is 4.79 Å². The van der Waals surface area contributed by atoms with Gasteiger partial charge in [-0.2, -0.15) is 0 Å². The van der Waals surface area contributed by atoms with Gasteiger partial charge in [0.15, 0.2) is 0 Å². The van der Waals surface area contributed by atoms with Crippen LogP contribution in [0.5, 0.6) is 0 Å². The number of carboxylic acid groups (broad SMARTS) is 1. The lowest BCUT2D eigenvalue weighted by Gasteiger charge is -2.10. The molecule has 0 aromatic heterocycles. The van der Waals surface area contributed by atoms with Crippen molar-refractivity contribution in [3.05, 3.63) is 39.6 Å². The summed E-state index contributed by atoms with van der Waals surface area (Å²) in [6, 6.07) is 2.37. The lowest BCUT2D eigenvalue weighted by atomic mass is 10.2. The normalized spacial score (nSPS) is 9.94. The van der Waals surface area contributed by atoms with Crippen LogP contribution in [0.3, 0.4) is 0 Å². The summed E-state index contributed by atoms with van der Waals surface area (Å²) in [6.45, 7) is 3.38. The third-order valence-electron chi connectivity index (χ3n) is 1.79. The molecule has 0 aliphatic heterocycles. The lowest BCUT2D eigenvalue weighted by molar-refractivity contribution is -0.132. The Kier molecular flexibility index (Phi) is 4.32. The van der Waals surface area contributed by atoms with E-state index in [2.05, 4.69) is 27.8 Å². The van der Waals surface area contributed by atoms with Crippen molar-refractivity contribution in [2.45, 2.75) is 0 Å². The Morgan fingerprint density at radius 3 is 2.75 bits per heavy atom. The fourth-order valence-electron chi connectivity index (χ4n) is 0.982. The fraction of sp³-hybridized carbons (Fsp3) is 0.100. The Morgan fingerprint density at radius 1 is 1.62 bits per heavy atom. The highest BCUT2D eigenvalue weighted by Gasteiger charge is 2.09. The molecule has 6 heteroatoms. The predicted molar refractivity (Wildman–Crippen MR) is 64.4 cm³/mol. The minimum atomic E-state index is -1.10. The van der Waals surface area contributed by atoms with Gasteiger partial charge in [-0.3, -0.25) is 0 Å². The van der Waals surface area contributed by atoms with Crippen LogP contribution in [0.15, 0.2) is 28.8 Å². The van der Waals surface area contributed by atoms with E-state index in [0.717, 1.165) is 6.07 Å². The quantitative estimate of drug-likeness (QED) is 0.839. The van der Waals surface area contributed by atoms with Crippen molar-refractivity contribution in [1.29, 1.82) is 0 Å². The number of carbonyl (C=O) groups is 1. The van der Waals surface area contributed by atoms with Crippen molar-refractivity contribution in [3.8, 4) is 0 Å². The molecule has 0 spiro atoms. The summed E-state index contributed by atoms with van der Waals surface area (Å²) >= 11 is 8.91. The summed E-state index contributed by atoms with van der Waals surface area (Å²) in [5.74, 6) is -1.57. The molecule has 86 valence electrons. The second-order valence-electron chi connectivity index (χ2n) is 3.01. The number of hydrogen-bond donors (Lipinski definition) is 2. The molecule has 0 bridgehead atoms. The number of hydrogen-bond acceptors (Lipinski definition) is 2. The SMILES string of the molecule is C=C(CNc1c(Cl)cc(F)cc1Br)C(=O)O. The van der Waals surface area contributed by atoms with E-state index in [-0.39, 0.29) is 17.1 Å². The molecule has 0 saturated heterocycles. The van der Waals surface area contributed by atoms with Crippen molar-refractivity contribution in [1.82, 2.24) is 0 Å². The first kappa shape index (κ1) is 13.0. The molecular formula is C10H8BrClFNO2. The molecule has 0 unspecified atom stereocenters. The van der Waals surface area contributed by atoms with E-state index in [0.29, 0.717) is 10.2 Å². The van der Waals surface area contributed by atoms with Gasteiger partial charge in [0.1, 0.15) is 5.82 Å². The number of halogens is 3. The molecule has 0 radical (unpaired) electrons. The van der Waals surface area contributed by atoms with E-state index in [1.54, 1.807) is 0 Å². The van der Waals surface area contributed by atoms with Gasteiger partial charge >= 0.3 is 5.97 Å². The molecule has 0 amide bonds. The maximum absolute atomic E-state index is 12.9. The number of nitrogens with one attached hydrogen (secondary N) is 1. The highest BCUT2D eigenvalue weighted by atomic mass is 79.9. The minimum Gasteiger partial charge on any atom is -0.478 e. The smallest absolute Gasteiger partial charge is 0.332 e. The summed E-state index contributed by atoms with van der Waals surface area (Å²) in [5.41, 5.74) is 0.428. The van der Waals surface area contributed by atoms with Crippen molar-refractivity contribution in [2.24, 2.45) is 0 Å². The van der Waals surface area contributed by atoms with E-state index in [1.165, 1.54) is 6.07 Å². The first-order valence-electron chi connectivity index (χ1n) is 4.21. The topological polar surface area (TPSA) is 49.3 Å². The second kappa shape index (κ2) is 5.32. The van der Waals surface area contributed by atoms with Crippen LogP contribution in [0.25, 0.3) is 0 Å². The first-order chi connectivity index (χ1) is 7.41. The van der Waals surface area contributed by atoms with Crippen LogP contribution in [0.2, 0.25) is 5.02 Å². The number of aliphatic carboxylic acids is 1. The van der Waals surface area contributed by atoms with Crippen molar-refractivity contribution >= 4 is 39.2 Å². The Labute approximate surface area is 105 Å². The Morgan fingerprint density at radius 2 is 2.25 bits per heavy atom. The molecule has 0 saturated carbocycles. The summed E-state index contributed by atoms with van der Waals surface area (Å²) in [4.78, 5) is 10.5. The van der Waals surface area contributed by atoms with Crippen LogP contribution in [0.1, 0.15) is 0 Å². The zero-order valence-electron chi connectivity index (χ0n) is 8.06. The van der Waals surface area contributed by atoms with Crippen LogP contribution in [0, 0.1) is 5.82 Å². The molecule has 3 nitrogen and oxygen atoms in total. The minimum absolute atomic E-state index is 0.00714. The third kappa shape index (κ3) is 3.21. The van der Waals surface area contributed by atoms with Gasteiger partial charge in [-0.25, -0.2) is 9.18 Å². The zero-order chi connectivity index (χ0) is 12.3. The zero-order valence-corrected chi connectivity index (χ0v) is 10.4. The molecule has 1 aromatic carbocycles. The number of benzene rings is 1. The van der Waals surface area contributed by atoms with Crippen molar-refractivity contribution in [3.63, 3.8) is 0 Å². The Bertz CT molecular complexity index is 427. The lowest BCUT2D eigenvalue weighted by Crippen LogP contribution is -2.11. The van der Waals surface area contributed by atoms with Gasteiger partial charge in [0.2, 0.25) is 0 Å². The highest BCUT2D eigenvalue weighted by molar-refractivity contribution is 9.10. The predicted octanol–water partition coefficient (Wildman–Crippen LogP) is 3.29. The Hall–Kier alpha value is -1.07. The van der Waals surface area contributed by atoms with Gasteiger partial charge in [0, 0.05) is 16.6 Å². The molecule has 16 heavy (non-hydrogen) atoms. The number of rotatable bonds is 4. The van der Waals surface area contributed by atoms with E-state index in [4.69, 9.17) is 16.7 Å². The largest absolute Gasteiger partial charge is 0.478 e. The van der Waals surface area contributed by atoms with E-state index < -0.39 is 11.8 Å². The van der Waals surface area contributed by atoms with Crippen LogP contribution < -0.4 is 5.32 Å².